The highest BCUT2D eigenvalue weighted by Gasteiger charge is 2.18. The summed E-state index contributed by atoms with van der Waals surface area (Å²) in [4.78, 5) is 11.8. The zero-order valence-electron chi connectivity index (χ0n) is 19.0. The van der Waals surface area contributed by atoms with Gasteiger partial charge in [0.15, 0.2) is 0 Å². The van der Waals surface area contributed by atoms with Crippen molar-refractivity contribution in [1.29, 1.82) is 0 Å². The second kappa shape index (κ2) is 9.77. The van der Waals surface area contributed by atoms with Crippen LogP contribution in [0.3, 0.4) is 0 Å². The molecule has 1 aliphatic heterocycles. The molecule has 4 rings (SSSR count). The summed E-state index contributed by atoms with van der Waals surface area (Å²) in [6.45, 7) is 4.36. The van der Waals surface area contributed by atoms with Crippen LogP contribution >= 0.6 is 0 Å². The van der Waals surface area contributed by atoms with Crippen LogP contribution < -0.4 is 0 Å². The molecule has 1 aromatic carbocycles. The van der Waals surface area contributed by atoms with Crippen LogP contribution in [-0.4, -0.2) is 27.9 Å². The molecule has 0 amide bonds. The number of phenols is 1. The molecule has 0 saturated heterocycles. The zero-order valence-corrected chi connectivity index (χ0v) is 19.0. The van der Waals surface area contributed by atoms with Crippen LogP contribution in [0, 0.1) is 6.92 Å². The van der Waals surface area contributed by atoms with Gasteiger partial charge in [-0.2, -0.15) is 0 Å². The third-order valence-electron chi connectivity index (χ3n) is 5.82. The Kier molecular flexibility index (Phi) is 6.64. The molecule has 3 aromatic rings. The highest BCUT2D eigenvalue weighted by molar-refractivity contribution is 6.11. The number of nitrogens with one attached hydrogen (secondary N) is 2. The molecule has 5 nitrogen and oxygen atoms in total. The fourth-order valence-electron chi connectivity index (χ4n) is 4.03. The van der Waals surface area contributed by atoms with Crippen LogP contribution in [-0.2, 0) is 17.6 Å². The van der Waals surface area contributed by atoms with Crippen LogP contribution in [0.4, 0.5) is 0 Å². The maximum absolute atomic E-state index is 9.46. The lowest BCUT2D eigenvalue weighted by atomic mass is 10.1. The Morgan fingerprint density at radius 2 is 1.88 bits per heavy atom. The van der Waals surface area contributed by atoms with Crippen molar-refractivity contribution in [3.05, 3.63) is 93.9 Å². The van der Waals surface area contributed by atoms with Gasteiger partial charge in [-0.05, 0) is 67.3 Å². The number of aryl methyl sites for hydroxylation is 2. The SMILES string of the molecule is CCCCCc1cc(C=C2N=C(c3ccc(Cc4ccc(O)cc4)[nH]3)C=C2OC)[nH]c1C. The van der Waals surface area contributed by atoms with Gasteiger partial charge in [0.2, 0.25) is 0 Å². The zero-order chi connectivity index (χ0) is 22.5. The van der Waals surface area contributed by atoms with E-state index in [1.54, 1.807) is 19.2 Å². The normalized spacial score (nSPS) is 14.7. The number of allylic oxidation sites excluding steroid dienone is 1. The summed E-state index contributed by atoms with van der Waals surface area (Å²) in [5.41, 5.74) is 8.51. The molecule has 3 heterocycles. The number of aromatic amines is 2. The number of unbranched alkanes of at least 4 members (excludes halogenated alkanes) is 2. The van der Waals surface area contributed by atoms with Gasteiger partial charge in [0.05, 0.1) is 18.5 Å². The highest BCUT2D eigenvalue weighted by atomic mass is 16.5. The van der Waals surface area contributed by atoms with E-state index < -0.39 is 0 Å². The van der Waals surface area contributed by atoms with Gasteiger partial charge in [-0.25, -0.2) is 4.99 Å². The van der Waals surface area contributed by atoms with Crippen molar-refractivity contribution in [2.24, 2.45) is 4.99 Å². The fourth-order valence-corrected chi connectivity index (χ4v) is 4.03. The average Bonchev–Trinajstić information content (AvgIpc) is 3.49. The number of H-pyrrole nitrogens is 2. The predicted molar refractivity (Wildman–Crippen MR) is 130 cm³/mol. The molecule has 0 fully saturated rings. The van der Waals surface area contributed by atoms with E-state index in [9.17, 15) is 5.11 Å². The van der Waals surface area contributed by atoms with Gasteiger partial charge in [0, 0.05) is 29.6 Å². The molecule has 0 spiro atoms. The number of hydrogen-bond donors (Lipinski definition) is 3. The third-order valence-corrected chi connectivity index (χ3v) is 5.82. The highest BCUT2D eigenvalue weighted by Crippen LogP contribution is 2.26. The molecular formula is C27H31N3O2. The molecule has 166 valence electrons. The van der Waals surface area contributed by atoms with E-state index in [2.05, 4.69) is 42.0 Å². The van der Waals surface area contributed by atoms with Crippen molar-refractivity contribution in [3.8, 4) is 5.75 Å². The van der Waals surface area contributed by atoms with Crippen LogP contribution in [0.2, 0.25) is 0 Å². The topological polar surface area (TPSA) is 73.4 Å². The Labute approximate surface area is 189 Å². The molecular weight excluding hydrogens is 398 g/mol. The number of ether oxygens (including phenoxy) is 1. The monoisotopic (exact) mass is 429 g/mol. The van der Waals surface area contributed by atoms with Crippen LogP contribution in [0.1, 0.15) is 60.1 Å². The first-order valence-corrected chi connectivity index (χ1v) is 11.3. The van der Waals surface area contributed by atoms with Crippen molar-refractivity contribution in [1.82, 2.24) is 9.97 Å². The maximum Gasteiger partial charge on any atom is 0.146 e. The van der Waals surface area contributed by atoms with Gasteiger partial charge in [-0.1, -0.05) is 31.9 Å². The molecule has 1 aliphatic rings. The Morgan fingerprint density at radius 3 is 2.62 bits per heavy atom. The molecule has 0 saturated carbocycles. The second-order valence-corrected chi connectivity index (χ2v) is 8.31. The van der Waals surface area contributed by atoms with Crippen molar-refractivity contribution in [3.63, 3.8) is 0 Å². The summed E-state index contributed by atoms with van der Waals surface area (Å²) in [6.07, 6.45) is 9.60. The standard InChI is InChI=1S/C27H31N3O2/c1-4-5-6-7-20-15-22(28-18(20)2)16-26-27(32-3)17-25(30-26)24-13-10-21(29-24)14-19-8-11-23(31)12-9-19/h8-13,15-17,28-29,31H,4-7,14H2,1-3H3. The summed E-state index contributed by atoms with van der Waals surface area (Å²) in [6, 6.07) is 13.6. The van der Waals surface area contributed by atoms with E-state index in [4.69, 9.17) is 9.73 Å². The third kappa shape index (κ3) is 5.05. The van der Waals surface area contributed by atoms with E-state index in [0.717, 1.165) is 52.7 Å². The van der Waals surface area contributed by atoms with Crippen molar-refractivity contribution in [2.75, 3.05) is 7.11 Å². The smallest absolute Gasteiger partial charge is 0.146 e. The van der Waals surface area contributed by atoms with Crippen LogP contribution in [0.25, 0.3) is 6.08 Å². The van der Waals surface area contributed by atoms with Gasteiger partial charge in [0.25, 0.3) is 0 Å². The maximum atomic E-state index is 9.46. The van der Waals surface area contributed by atoms with Gasteiger partial charge in [0.1, 0.15) is 17.2 Å². The fraction of sp³-hybridized carbons (Fsp3) is 0.296. The van der Waals surface area contributed by atoms with E-state index in [-0.39, 0.29) is 5.75 Å². The summed E-state index contributed by atoms with van der Waals surface area (Å²) in [7, 11) is 1.68. The molecule has 32 heavy (non-hydrogen) atoms. The Balaban J connectivity index is 1.52. The molecule has 2 aromatic heterocycles. The number of rotatable bonds is 9. The Hall–Kier alpha value is -3.47. The van der Waals surface area contributed by atoms with E-state index in [1.165, 1.54) is 30.5 Å². The number of aromatic hydroxyl groups is 1. The lowest BCUT2D eigenvalue weighted by Gasteiger charge is -2.00. The second-order valence-electron chi connectivity index (χ2n) is 8.31. The summed E-state index contributed by atoms with van der Waals surface area (Å²) in [5, 5.41) is 9.46. The average molecular weight is 430 g/mol. The van der Waals surface area contributed by atoms with Gasteiger partial charge in [-0.3, -0.25) is 0 Å². The molecule has 3 N–H and O–H groups in total. The first kappa shape index (κ1) is 21.8. The largest absolute Gasteiger partial charge is 0.508 e. The summed E-state index contributed by atoms with van der Waals surface area (Å²) in [5.74, 6) is 1.04. The molecule has 5 heteroatoms. The van der Waals surface area contributed by atoms with Crippen molar-refractivity contribution >= 4 is 11.8 Å². The lowest BCUT2D eigenvalue weighted by molar-refractivity contribution is 0.303. The molecule has 0 radical (unpaired) electrons. The minimum absolute atomic E-state index is 0.281. The van der Waals surface area contributed by atoms with Gasteiger partial charge >= 0.3 is 0 Å². The minimum Gasteiger partial charge on any atom is -0.508 e. The molecule has 0 atom stereocenters. The number of nitrogens with zero attached hydrogens (tertiary/aromatic N) is 1. The van der Waals surface area contributed by atoms with Crippen LogP contribution in [0.5, 0.6) is 5.75 Å². The molecule has 0 bridgehead atoms. The number of aromatic nitrogens is 2. The number of methoxy groups -OCH3 is 1. The number of benzene rings is 1. The number of phenolic OH excluding ortho intramolecular Hbond substituents is 1. The first-order chi connectivity index (χ1) is 15.6. The van der Waals surface area contributed by atoms with Crippen molar-refractivity contribution < 1.29 is 9.84 Å². The number of hydrogen-bond acceptors (Lipinski definition) is 3. The van der Waals surface area contributed by atoms with Gasteiger partial charge < -0.3 is 19.8 Å². The Bertz CT molecular complexity index is 1160. The van der Waals surface area contributed by atoms with E-state index in [1.807, 2.05) is 24.3 Å². The molecule has 0 unspecified atom stereocenters. The lowest BCUT2D eigenvalue weighted by Crippen LogP contribution is -1.96. The van der Waals surface area contributed by atoms with Gasteiger partial charge in [-0.15, -0.1) is 0 Å². The summed E-state index contributed by atoms with van der Waals surface area (Å²) < 4.78 is 5.60. The van der Waals surface area contributed by atoms with E-state index >= 15 is 0 Å². The Morgan fingerprint density at radius 1 is 1.06 bits per heavy atom. The van der Waals surface area contributed by atoms with Crippen LogP contribution in [0.15, 0.2) is 65.0 Å². The first-order valence-electron chi connectivity index (χ1n) is 11.3. The summed E-state index contributed by atoms with van der Waals surface area (Å²) >= 11 is 0. The predicted octanol–water partition coefficient (Wildman–Crippen LogP) is 6.05. The van der Waals surface area contributed by atoms with E-state index in [0.29, 0.717) is 0 Å². The minimum atomic E-state index is 0.281. The van der Waals surface area contributed by atoms with Crippen molar-refractivity contribution in [2.45, 2.75) is 46.0 Å². The quantitative estimate of drug-likeness (QED) is 0.362. The number of aliphatic imine (C=N–C) groups is 1. The molecule has 0 aliphatic carbocycles.